The third kappa shape index (κ3) is 5.83. The second-order valence-corrected chi connectivity index (χ2v) is 40.8. The Morgan fingerprint density at radius 1 is 0.407 bits per heavy atom. The summed E-state index contributed by atoms with van der Waals surface area (Å²) in [5, 5.41) is 0. The van der Waals surface area contributed by atoms with Crippen LogP contribution in [0, 0.1) is 0 Å². The van der Waals surface area contributed by atoms with Crippen LogP contribution in [0.3, 0.4) is 0 Å². The first kappa shape index (κ1) is 28.6. The molecular weight excluding hydrogens is 542 g/mol. The van der Waals surface area contributed by atoms with Gasteiger partial charge in [-0.05, 0) is 0 Å². The van der Waals surface area contributed by atoms with Crippen LogP contribution in [0.4, 0.5) is 0 Å². The van der Waals surface area contributed by atoms with Crippen LogP contribution in [0.2, 0.25) is 23.6 Å². The normalized spacial score (nSPS) is 23.6. The second-order valence-electron chi connectivity index (χ2n) is 9.66. The summed E-state index contributed by atoms with van der Waals surface area (Å²) in [6.07, 6.45) is 7.88. The molecule has 0 aromatic carbocycles. The van der Waals surface area contributed by atoms with Crippen molar-refractivity contribution < 1.29 is 1.41 Å². The average molecular weight is 596 g/mol. The molecule has 6 atom stereocenters. The Balaban J connectivity index is 6.73. The fourth-order valence-electron chi connectivity index (χ4n) is 5.74. The number of rotatable bonds is 14. The summed E-state index contributed by atoms with van der Waals surface area (Å²) in [5.74, 6) is 0. The van der Waals surface area contributed by atoms with Crippen LogP contribution in [0.1, 0.15) is 122 Å². The molecule has 27 heavy (non-hydrogen) atoms. The third-order valence-electron chi connectivity index (χ3n) is 8.65. The van der Waals surface area contributed by atoms with Crippen LogP contribution >= 0.6 is 0 Å². The van der Waals surface area contributed by atoms with Gasteiger partial charge in [0.15, 0.2) is 0 Å². The van der Waals surface area contributed by atoms with Gasteiger partial charge in [-0.15, -0.1) is 0 Å². The molecular formula is C24H54OSn2. The third-order valence-corrected chi connectivity index (χ3v) is 57.6. The zero-order valence-corrected chi connectivity index (χ0v) is 26.8. The van der Waals surface area contributed by atoms with E-state index in [4.69, 9.17) is 1.41 Å². The van der Waals surface area contributed by atoms with Gasteiger partial charge in [-0.3, -0.25) is 0 Å². The molecule has 3 heteroatoms. The minimum atomic E-state index is -2.87. The number of hydrogen-bond donors (Lipinski definition) is 0. The molecule has 0 aromatic rings. The quantitative estimate of drug-likeness (QED) is 0.182. The van der Waals surface area contributed by atoms with Crippen molar-refractivity contribution in [3.8, 4) is 0 Å². The van der Waals surface area contributed by atoms with E-state index in [9.17, 15) is 0 Å². The molecule has 0 aromatic heterocycles. The molecule has 0 radical (unpaired) electrons. The van der Waals surface area contributed by atoms with E-state index in [2.05, 4.69) is 83.1 Å². The molecule has 0 aliphatic carbocycles. The van der Waals surface area contributed by atoms with Crippen molar-refractivity contribution in [2.45, 2.75) is 145 Å². The maximum atomic E-state index is 8.16. The zero-order chi connectivity index (χ0) is 21.4. The van der Waals surface area contributed by atoms with Gasteiger partial charge in [0.2, 0.25) is 0 Å². The van der Waals surface area contributed by atoms with Gasteiger partial charge in [0.05, 0.1) is 0 Å². The molecule has 1 nitrogen and oxygen atoms in total. The van der Waals surface area contributed by atoms with E-state index in [-0.39, 0.29) is 0 Å². The predicted molar refractivity (Wildman–Crippen MR) is 131 cm³/mol. The van der Waals surface area contributed by atoms with Gasteiger partial charge in [-0.2, -0.15) is 0 Å². The minimum absolute atomic E-state index is 0.831. The fraction of sp³-hybridized carbons (Fsp3) is 1.00. The summed E-state index contributed by atoms with van der Waals surface area (Å²) >= 11 is -5.75. The van der Waals surface area contributed by atoms with Gasteiger partial charge < -0.3 is 0 Å². The summed E-state index contributed by atoms with van der Waals surface area (Å²) < 4.78 is 13.1. The van der Waals surface area contributed by atoms with E-state index in [1.54, 1.807) is 0 Å². The average Bonchev–Trinajstić information content (AvgIpc) is 2.71. The molecule has 0 spiro atoms. The van der Waals surface area contributed by atoms with Crippen LogP contribution in [-0.4, -0.2) is 37.6 Å². The van der Waals surface area contributed by atoms with Crippen molar-refractivity contribution in [3.63, 3.8) is 0 Å². The van der Waals surface area contributed by atoms with E-state index in [0.29, 0.717) is 0 Å². The summed E-state index contributed by atoms with van der Waals surface area (Å²) in [7, 11) is 0. The van der Waals surface area contributed by atoms with Crippen molar-refractivity contribution >= 4 is 37.6 Å². The molecule has 0 amide bonds. The molecule has 0 bridgehead atoms. The van der Waals surface area contributed by atoms with Crippen molar-refractivity contribution in [1.29, 1.82) is 0 Å². The van der Waals surface area contributed by atoms with Crippen molar-refractivity contribution in [1.82, 2.24) is 0 Å². The van der Waals surface area contributed by atoms with Crippen LogP contribution in [0.25, 0.3) is 0 Å². The molecule has 0 aliphatic rings. The van der Waals surface area contributed by atoms with Crippen LogP contribution in [-0.2, 0) is 1.41 Å². The van der Waals surface area contributed by atoms with Gasteiger partial charge in [-0.25, -0.2) is 0 Å². The molecule has 0 saturated heterocycles. The summed E-state index contributed by atoms with van der Waals surface area (Å²) in [6, 6.07) is 0. The first-order valence-corrected chi connectivity index (χ1v) is 24.5. The Hall–Kier alpha value is 1.56. The van der Waals surface area contributed by atoms with Crippen molar-refractivity contribution in [2.75, 3.05) is 0 Å². The van der Waals surface area contributed by atoms with Gasteiger partial charge >= 0.3 is 184 Å². The van der Waals surface area contributed by atoms with Gasteiger partial charge in [0.1, 0.15) is 0 Å². The van der Waals surface area contributed by atoms with Crippen molar-refractivity contribution in [2.24, 2.45) is 0 Å². The topological polar surface area (TPSA) is 9.23 Å². The molecule has 0 aliphatic heterocycles. The molecule has 0 saturated carbocycles. The molecule has 164 valence electrons. The summed E-state index contributed by atoms with van der Waals surface area (Å²) in [5.41, 5.74) is 0. The Morgan fingerprint density at radius 3 is 0.667 bits per heavy atom. The van der Waals surface area contributed by atoms with Crippen LogP contribution < -0.4 is 0 Å². The van der Waals surface area contributed by atoms with Crippen molar-refractivity contribution in [3.05, 3.63) is 0 Å². The molecule has 0 heterocycles. The van der Waals surface area contributed by atoms with Gasteiger partial charge in [0.25, 0.3) is 0 Å². The first-order chi connectivity index (χ1) is 12.6. The van der Waals surface area contributed by atoms with E-state index >= 15 is 0 Å². The predicted octanol–water partition coefficient (Wildman–Crippen LogP) is 9.69. The first-order valence-electron chi connectivity index (χ1n) is 12.3. The zero-order valence-electron chi connectivity index (χ0n) is 21.1. The van der Waals surface area contributed by atoms with E-state index in [1.807, 2.05) is 0 Å². The van der Waals surface area contributed by atoms with Crippen LogP contribution in [0.15, 0.2) is 0 Å². The Morgan fingerprint density at radius 2 is 0.556 bits per heavy atom. The van der Waals surface area contributed by atoms with Gasteiger partial charge in [0, 0.05) is 0 Å². The maximum absolute atomic E-state index is 8.16. The van der Waals surface area contributed by atoms with E-state index in [0.717, 1.165) is 23.6 Å². The van der Waals surface area contributed by atoms with E-state index in [1.165, 1.54) is 38.5 Å². The Labute approximate surface area is 183 Å². The van der Waals surface area contributed by atoms with Gasteiger partial charge in [-0.1, -0.05) is 0 Å². The van der Waals surface area contributed by atoms with Crippen LogP contribution in [0.5, 0.6) is 0 Å². The Bertz CT molecular complexity index is 309. The molecule has 0 N–H and O–H groups in total. The SMILES string of the molecule is CC[CH](C)[Sn]([O][Sn]([CH](C)CC)([CH](C)CC)[CH](C)CC)([CH](C)CC)[CH](C)CC. The standard InChI is InChI=1S/6C4H9.O.2Sn/c6*1-3-4-2;;;/h6*3H,4H2,1-2H3;;;. The molecule has 0 fully saturated rings. The molecule has 6 unspecified atom stereocenters. The Kier molecular flexibility index (Phi) is 13.8. The number of hydrogen-bond acceptors (Lipinski definition) is 1. The summed E-state index contributed by atoms with van der Waals surface area (Å²) in [4.78, 5) is 0. The molecule has 0 rings (SSSR count). The summed E-state index contributed by atoms with van der Waals surface area (Å²) in [6.45, 7) is 30.0. The van der Waals surface area contributed by atoms with E-state index < -0.39 is 37.6 Å². The monoisotopic (exact) mass is 598 g/mol. The second kappa shape index (κ2) is 13.1. The fourth-order valence-corrected chi connectivity index (χ4v) is 73.3.